The summed E-state index contributed by atoms with van der Waals surface area (Å²) in [5.74, 6) is 0. The Morgan fingerprint density at radius 3 is 2.56 bits per heavy atom. The van der Waals surface area contributed by atoms with Crippen molar-refractivity contribution < 1.29 is 9.53 Å². The summed E-state index contributed by atoms with van der Waals surface area (Å²) in [7, 11) is 0. The number of amides is 1. The zero-order valence-electron chi connectivity index (χ0n) is 9.39. The highest BCUT2D eigenvalue weighted by Crippen LogP contribution is 2.35. The molecule has 1 heterocycles. The Bertz CT molecular complexity index is 595. The van der Waals surface area contributed by atoms with E-state index >= 15 is 0 Å². The molecule has 0 fully saturated rings. The molecule has 1 unspecified atom stereocenters. The Hall–Kier alpha value is -2.00. The van der Waals surface area contributed by atoms with Gasteiger partial charge in [-0.15, -0.1) is 0 Å². The van der Waals surface area contributed by atoms with Crippen LogP contribution in [0.4, 0.5) is 10.5 Å². The Morgan fingerprint density at radius 1 is 1.06 bits per heavy atom. The number of hydrogen-bond acceptors (Lipinski definition) is 2. The van der Waals surface area contributed by atoms with Gasteiger partial charge in [0.25, 0.3) is 0 Å². The fourth-order valence-electron chi connectivity index (χ4n) is 2.03. The molecule has 1 aliphatic heterocycles. The highest BCUT2D eigenvalue weighted by atomic mass is 35.5. The molecule has 1 N–H and O–H groups in total. The lowest BCUT2D eigenvalue weighted by Gasteiger charge is -2.26. The van der Waals surface area contributed by atoms with Gasteiger partial charge in [0.15, 0.2) is 6.10 Å². The highest BCUT2D eigenvalue weighted by molar-refractivity contribution is 6.30. The Balaban J connectivity index is 2.07. The normalized spacial score (nSPS) is 17.6. The zero-order valence-corrected chi connectivity index (χ0v) is 10.1. The smallest absolute Gasteiger partial charge is 0.412 e. The molecule has 2 aromatic carbocycles. The summed E-state index contributed by atoms with van der Waals surface area (Å²) in [4.78, 5) is 11.5. The number of nitrogens with one attached hydrogen (secondary N) is 1. The van der Waals surface area contributed by atoms with Gasteiger partial charge >= 0.3 is 6.09 Å². The fourth-order valence-corrected chi connectivity index (χ4v) is 2.16. The molecule has 0 aliphatic carbocycles. The van der Waals surface area contributed by atoms with Crippen molar-refractivity contribution in [2.45, 2.75) is 6.10 Å². The predicted molar refractivity (Wildman–Crippen MR) is 69.8 cm³/mol. The molecule has 1 aliphatic rings. The van der Waals surface area contributed by atoms with Crippen LogP contribution in [0.2, 0.25) is 5.02 Å². The number of benzene rings is 2. The number of carbonyl (C=O) groups is 1. The molecule has 1 amide bonds. The van der Waals surface area contributed by atoms with Crippen LogP contribution in [-0.4, -0.2) is 6.09 Å². The number of fused-ring (bicyclic) bond motifs is 1. The maximum absolute atomic E-state index is 11.5. The van der Waals surface area contributed by atoms with E-state index in [1.165, 1.54) is 0 Å². The monoisotopic (exact) mass is 259 g/mol. The van der Waals surface area contributed by atoms with E-state index in [0.29, 0.717) is 5.02 Å². The molecule has 3 rings (SSSR count). The van der Waals surface area contributed by atoms with Crippen molar-refractivity contribution >= 4 is 23.4 Å². The molecule has 0 aromatic heterocycles. The van der Waals surface area contributed by atoms with Gasteiger partial charge in [-0.2, -0.15) is 0 Å². The van der Waals surface area contributed by atoms with Crippen molar-refractivity contribution in [1.29, 1.82) is 0 Å². The van der Waals surface area contributed by atoms with E-state index in [1.807, 2.05) is 36.4 Å². The molecule has 0 saturated heterocycles. The number of halogens is 1. The van der Waals surface area contributed by atoms with Crippen molar-refractivity contribution in [2.75, 3.05) is 5.32 Å². The lowest BCUT2D eigenvalue weighted by atomic mass is 9.99. The average Bonchev–Trinajstić information content (AvgIpc) is 2.38. The molecule has 1 atom stereocenters. The van der Waals surface area contributed by atoms with Gasteiger partial charge in [-0.3, -0.25) is 5.32 Å². The van der Waals surface area contributed by atoms with E-state index in [9.17, 15) is 4.79 Å². The van der Waals surface area contributed by atoms with Gasteiger partial charge in [-0.1, -0.05) is 41.9 Å². The van der Waals surface area contributed by atoms with Crippen LogP contribution >= 0.6 is 11.6 Å². The van der Waals surface area contributed by atoms with Gasteiger partial charge < -0.3 is 4.74 Å². The summed E-state index contributed by atoms with van der Waals surface area (Å²) in [6.07, 6.45) is -0.819. The molecule has 0 bridgehead atoms. The van der Waals surface area contributed by atoms with Gasteiger partial charge in [0.05, 0.1) is 5.69 Å². The standard InChI is InChI=1S/C14H10ClNO2/c15-10-7-5-9(6-8-10)13-11-3-1-2-4-12(11)16-14(17)18-13/h1-8,13H,(H,16,17). The Morgan fingerprint density at radius 2 is 1.78 bits per heavy atom. The first-order valence-electron chi connectivity index (χ1n) is 5.56. The van der Waals surface area contributed by atoms with Crippen LogP contribution in [0.15, 0.2) is 48.5 Å². The second-order valence-corrected chi connectivity index (χ2v) is 4.49. The second kappa shape index (κ2) is 4.35. The second-order valence-electron chi connectivity index (χ2n) is 4.05. The number of carbonyl (C=O) groups excluding carboxylic acids is 1. The molecule has 18 heavy (non-hydrogen) atoms. The summed E-state index contributed by atoms with van der Waals surface area (Å²) in [5.41, 5.74) is 2.63. The van der Waals surface area contributed by atoms with Crippen LogP contribution in [0.25, 0.3) is 0 Å². The van der Waals surface area contributed by atoms with E-state index < -0.39 is 6.09 Å². The molecular formula is C14H10ClNO2. The highest BCUT2D eigenvalue weighted by Gasteiger charge is 2.26. The van der Waals surface area contributed by atoms with Gasteiger partial charge in [0.1, 0.15) is 0 Å². The van der Waals surface area contributed by atoms with Crippen LogP contribution in [0.3, 0.4) is 0 Å². The van der Waals surface area contributed by atoms with Crippen molar-refractivity contribution in [3.05, 3.63) is 64.7 Å². The molecule has 2 aromatic rings. The largest absolute Gasteiger partial charge is 0.436 e. The third-order valence-electron chi connectivity index (χ3n) is 2.88. The molecule has 90 valence electrons. The van der Waals surface area contributed by atoms with E-state index in [4.69, 9.17) is 16.3 Å². The number of ether oxygens (including phenoxy) is 1. The first kappa shape index (κ1) is 11.1. The third-order valence-corrected chi connectivity index (χ3v) is 3.13. The molecule has 0 spiro atoms. The molecular weight excluding hydrogens is 250 g/mol. The summed E-state index contributed by atoms with van der Waals surface area (Å²) in [6, 6.07) is 14.9. The molecule has 0 saturated carbocycles. The lowest BCUT2D eigenvalue weighted by molar-refractivity contribution is 0.126. The quantitative estimate of drug-likeness (QED) is 0.841. The first-order valence-corrected chi connectivity index (χ1v) is 5.94. The molecule has 0 radical (unpaired) electrons. The van der Waals surface area contributed by atoms with E-state index in [2.05, 4.69) is 5.32 Å². The minimum atomic E-state index is -0.436. The fraction of sp³-hybridized carbons (Fsp3) is 0.0714. The topological polar surface area (TPSA) is 38.3 Å². The van der Waals surface area contributed by atoms with Crippen LogP contribution in [0, 0.1) is 0 Å². The third kappa shape index (κ3) is 1.93. The Labute approximate surface area is 109 Å². The van der Waals surface area contributed by atoms with Gasteiger partial charge in [-0.25, -0.2) is 4.79 Å². The van der Waals surface area contributed by atoms with Crippen molar-refractivity contribution in [1.82, 2.24) is 0 Å². The van der Waals surface area contributed by atoms with Crippen LogP contribution < -0.4 is 5.32 Å². The van der Waals surface area contributed by atoms with E-state index in [1.54, 1.807) is 12.1 Å². The summed E-state index contributed by atoms with van der Waals surface area (Å²) in [6.45, 7) is 0. The summed E-state index contributed by atoms with van der Waals surface area (Å²) in [5, 5.41) is 3.34. The number of cyclic esters (lactones) is 1. The minimum absolute atomic E-state index is 0.382. The van der Waals surface area contributed by atoms with E-state index in [0.717, 1.165) is 16.8 Å². The van der Waals surface area contributed by atoms with Crippen LogP contribution in [-0.2, 0) is 4.74 Å². The van der Waals surface area contributed by atoms with Crippen molar-refractivity contribution in [3.8, 4) is 0 Å². The molecule has 3 nitrogen and oxygen atoms in total. The number of hydrogen-bond donors (Lipinski definition) is 1. The SMILES string of the molecule is O=C1Nc2ccccc2C(c2ccc(Cl)cc2)O1. The minimum Gasteiger partial charge on any atom is -0.436 e. The maximum Gasteiger partial charge on any atom is 0.412 e. The summed E-state index contributed by atoms with van der Waals surface area (Å²) < 4.78 is 5.35. The lowest BCUT2D eigenvalue weighted by Crippen LogP contribution is -2.25. The van der Waals surface area contributed by atoms with Gasteiger partial charge in [0.2, 0.25) is 0 Å². The van der Waals surface area contributed by atoms with Crippen molar-refractivity contribution in [3.63, 3.8) is 0 Å². The van der Waals surface area contributed by atoms with Crippen molar-refractivity contribution in [2.24, 2.45) is 0 Å². The van der Waals surface area contributed by atoms with E-state index in [-0.39, 0.29) is 6.10 Å². The Kier molecular flexibility index (Phi) is 2.68. The van der Waals surface area contributed by atoms with Crippen LogP contribution in [0.1, 0.15) is 17.2 Å². The number of anilines is 1. The maximum atomic E-state index is 11.5. The van der Waals surface area contributed by atoms with Gasteiger partial charge in [-0.05, 0) is 23.8 Å². The average molecular weight is 260 g/mol. The zero-order chi connectivity index (χ0) is 12.5. The van der Waals surface area contributed by atoms with Gasteiger partial charge in [0, 0.05) is 10.6 Å². The number of para-hydroxylation sites is 1. The summed E-state index contributed by atoms with van der Waals surface area (Å²) >= 11 is 5.86. The van der Waals surface area contributed by atoms with Crippen LogP contribution in [0.5, 0.6) is 0 Å². The predicted octanol–water partition coefficient (Wildman–Crippen LogP) is 3.99. The molecule has 4 heteroatoms. The first-order chi connectivity index (χ1) is 8.74. The number of rotatable bonds is 1.